The van der Waals surface area contributed by atoms with Crippen molar-refractivity contribution in [2.45, 2.75) is 13.3 Å². The number of amides is 2. The van der Waals surface area contributed by atoms with Crippen LogP contribution in [0.4, 0.5) is 4.39 Å². The number of hydrogen-bond donors (Lipinski definition) is 2. The van der Waals surface area contributed by atoms with Crippen molar-refractivity contribution in [1.29, 1.82) is 0 Å². The standard InChI is InChI=1S/C12H14BrFN2O2/c1-2-6-15-10(17)7-16-12(18)8-4-3-5-9(13)11(8)14/h3-5H,2,6-7H2,1H3,(H,15,17)(H,16,18). The van der Waals surface area contributed by atoms with Crippen molar-refractivity contribution in [2.75, 3.05) is 13.1 Å². The number of carbonyl (C=O) groups excluding carboxylic acids is 2. The molecule has 0 saturated carbocycles. The fourth-order valence-electron chi connectivity index (χ4n) is 1.26. The first-order valence-electron chi connectivity index (χ1n) is 5.55. The Morgan fingerprint density at radius 3 is 2.72 bits per heavy atom. The Balaban J connectivity index is 2.55. The Morgan fingerprint density at radius 2 is 2.06 bits per heavy atom. The summed E-state index contributed by atoms with van der Waals surface area (Å²) in [6.07, 6.45) is 0.819. The molecule has 0 fully saturated rings. The van der Waals surface area contributed by atoms with Crippen molar-refractivity contribution in [2.24, 2.45) is 0 Å². The summed E-state index contributed by atoms with van der Waals surface area (Å²) in [6, 6.07) is 4.42. The number of halogens is 2. The van der Waals surface area contributed by atoms with Gasteiger partial charge in [0.05, 0.1) is 16.6 Å². The van der Waals surface area contributed by atoms with Gasteiger partial charge in [-0.05, 0) is 34.5 Å². The van der Waals surface area contributed by atoms with Gasteiger partial charge < -0.3 is 10.6 Å². The van der Waals surface area contributed by atoms with Gasteiger partial charge >= 0.3 is 0 Å². The molecule has 0 aromatic heterocycles. The van der Waals surface area contributed by atoms with E-state index < -0.39 is 11.7 Å². The lowest BCUT2D eigenvalue weighted by atomic mass is 10.2. The highest BCUT2D eigenvalue weighted by atomic mass is 79.9. The van der Waals surface area contributed by atoms with E-state index in [-0.39, 0.29) is 22.5 Å². The highest BCUT2D eigenvalue weighted by Crippen LogP contribution is 2.18. The molecule has 1 aromatic rings. The molecule has 0 aliphatic rings. The van der Waals surface area contributed by atoms with Crippen LogP contribution in [-0.2, 0) is 4.79 Å². The van der Waals surface area contributed by atoms with Crippen LogP contribution in [0, 0.1) is 5.82 Å². The molecule has 6 heteroatoms. The SMILES string of the molecule is CCCNC(=O)CNC(=O)c1cccc(Br)c1F. The molecular formula is C12H14BrFN2O2. The molecule has 1 rings (SSSR count). The molecule has 0 atom stereocenters. The summed E-state index contributed by atoms with van der Waals surface area (Å²) < 4.78 is 13.8. The highest BCUT2D eigenvalue weighted by molar-refractivity contribution is 9.10. The summed E-state index contributed by atoms with van der Waals surface area (Å²) in [5.41, 5.74) is -0.0901. The Kier molecular flexibility index (Phi) is 5.77. The van der Waals surface area contributed by atoms with E-state index >= 15 is 0 Å². The van der Waals surface area contributed by atoms with E-state index in [1.165, 1.54) is 12.1 Å². The summed E-state index contributed by atoms with van der Waals surface area (Å²) in [5.74, 6) is -1.54. The maximum atomic E-state index is 13.6. The summed E-state index contributed by atoms with van der Waals surface area (Å²) in [4.78, 5) is 22.9. The first-order valence-corrected chi connectivity index (χ1v) is 6.34. The summed E-state index contributed by atoms with van der Waals surface area (Å²) in [6.45, 7) is 2.32. The molecule has 18 heavy (non-hydrogen) atoms. The number of carbonyl (C=O) groups is 2. The van der Waals surface area contributed by atoms with Gasteiger partial charge in [0.1, 0.15) is 5.82 Å². The molecular weight excluding hydrogens is 303 g/mol. The van der Waals surface area contributed by atoms with Gasteiger partial charge in [-0.25, -0.2) is 4.39 Å². The van der Waals surface area contributed by atoms with E-state index in [9.17, 15) is 14.0 Å². The monoisotopic (exact) mass is 316 g/mol. The average Bonchev–Trinajstić information content (AvgIpc) is 2.36. The fraction of sp³-hybridized carbons (Fsp3) is 0.333. The normalized spacial score (nSPS) is 9.94. The smallest absolute Gasteiger partial charge is 0.254 e. The predicted octanol–water partition coefficient (Wildman–Crippen LogP) is 1.84. The predicted molar refractivity (Wildman–Crippen MR) is 69.7 cm³/mol. The van der Waals surface area contributed by atoms with Gasteiger partial charge in [-0.3, -0.25) is 9.59 Å². The van der Waals surface area contributed by atoms with Gasteiger partial charge in [0, 0.05) is 6.54 Å². The largest absolute Gasteiger partial charge is 0.355 e. The Hall–Kier alpha value is -1.43. The third kappa shape index (κ3) is 4.10. The molecule has 0 aliphatic heterocycles. The van der Waals surface area contributed by atoms with Gasteiger partial charge in [0.2, 0.25) is 5.91 Å². The molecule has 0 bridgehead atoms. The second-order valence-electron chi connectivity index (χ2n) is 3.63. The lowest BCUT2D eigenvalue weighted by Crippen LogP contribution is -2.37. The van der Waals surface area contributed by atoms with Crippen LogP contribution in [0.15, 0.2) is 22.7 Å². The van der Waals surface area contributed by atoms with Gasteiger partial charge in [-0.15, -0.1) is 0 Å². The van der Waals surface area contributed by atoms with Crippen molar-refractivity contribution in [1.82, 2.24) is 10.6 Å². The van der Waals surface area contributed by atoms with Crippen LogP contribution in [0.1, 0.15) is 23.7 Å². The number of rotatable bonds is 5. The lowest BCUT2D eigenvalue weighted by molar-refractivity contribution is -0.120. The summed E-state index contributed by atoms with van der Waals surface area (Å²) >= 11 is 2.99. The molecule has 0 saturated heterocycles. The number of nitrogens with one attached hydrogen (secondary N) is 2. The minimum Gasteiger partial charge on any atom is -0.355 e. The molecule has 0 heterocycles. The van der Waals surface area contributed by atoms with Gasteiger partial charge in [0.25, 0.3) is 5.91 Å². The molecule has 2 amide bonds. The summed E-state index contributed by atoms with van der Waals surface area (Å²) in [7, 11) is 0. The van der Waals surface area contributed by atoms with Crippen LogP contribution >= 0.6 is 15.9 Å². The van der Waals surface area contributed by atoms with Crippen LogP contribution in [0.5, 0.6) is 0 Å². The third-order valence-electron chi connectivity index (χ3n) is 2.18. The van der Waals surface area contributed by atoms with Crippen molar-refractivity contribution in [3.05, 3.63) is 34.1 Å². The average molecular weight is 317 g/mol. The minimum absolute atomic E-state index is 0.0901. The maximum absolute atomic E-state index is 13.6. The van der Waals surface area contributed by atoms with Gasteiger partial charge in [-0.1, -0.05) is 13.0 Å². The molecule has 0 radical (unpaired) electrons. The molecule has 98 valence electrons. The lowest BCUT2D eigenvalue weighted by Gasteiger charge is -2.07. The molecule has 1 aromatic carbocycles. The van der Waals surface area contributed by atoms with E-state index in [4.69, 9.17) is 0 Å². The fourth-order valence-corrected chi connectivity index (χ4v) is 1.63. The molecule has 2 N–H and O–H groups in total. The Morgan fingerprint density at radius 1 is 1.33 bits per heavy atom. The second-order valence-corrected chi connectivity index (χ2v) is 4.49. The maximum Gasteiger partial charge on any atom is 0.254 e. The quantitative estimate of drug-likeness (QED) is 0.871. The van der Waals surface area contributed by atoms with Gasteiger partial charge in [0.15, 0.2) is 0 Å². The van der Waals surface area contributed by atoms with Crippen molar-refractivity contribution in [3.8, 4) is 0 Å². The van der Waals surface area contributed by atoms with E-state index in [1.807, 2.05) is 6.92 Å². The second kappa shape index (κ2) is 7.10. The zero-order valence-electron chi connectivity index (χ0n) is 9.93. The number of hydrogen-bond acceptors (Lipinski definition) is 2. The minimum atomic E-state index is -0.635. The van der Waals surface area contributed by atoms with Crippen LogP contribution in [0.2, 0.25) is 0 Å². The van der Waals surface area contributed by atoms with E-state index in [2.05, 4.69) is 26.6 Å². The zero-order chi connectivity index (χ0) is 13.5. The Bertz CT molecular complexity index is 452. The molecule has 4 nitrogen and oxygen atoms in total. The van der Waals surface area contributed by atoms with Crippen LogP contribution in [0.3, 0.4) is 0 Å². The van der Waals surface area contributed by atoms with E-state index in [1.54, 1.807) is 6.07 Å². The van der Waals surface area contributed by atoms with Crippen molar-refractivity contribution >= 4 is 27.7 Å². The Labute approximate surface area is 113 Å². The van der Waals surface area contributed by atoms with E-state index in [0.717, 1.165) is 6.42 Å². The summed E-state index contributed by atoms with van der Waals surface area (Å²) in [5, 5.41) is 4.97. The van der Waals surface area contributed by atoms with Gasteiger partial charge in [-0.2, -0.15) is 0 Å². The first-order chi connectivity index (χ1) is 8.56. The molecule has 0 spiro atoms. The van der Waals surface area contributed by atoms with Crippen LogP contribution in [0.25, 0.3) is 0 Å². The van der Waals surface area contributed by atoms with Crippen LogP contribution < -0.4 is 10.6 Å². The van der Waals surface area contributed by atoms with Crippen molar-refractivity contribution < 1.29 is 14.0 Å². The topological polar surface area (TPSA) is 58.2 Å². The zero-order valence-corrected chi connectivity index (χ0v) is 11.5. The van der Waals surface area contributed by atoms with Crippen molar-refractivity contribution in [3.63, 3.8) is 0 Å². The first kappa shape index (κ1) is 14.6. The third-order valence-corrected chi connectivity index (χ3v) is 2.79. The number of benzene rings is 1. The molecule has 0 aliphatic carbocycles. The van der Waals surface area contributed by atoms with Crippen LogP contribution in [-0.4, -0.2) is 24.9 Å². The molecule has 0 unspecified atom stereocenters. The highest BCUT2D eigenvalue weighted by Gasteiger charge is 2.14. The van der Waals surface area contributed by atoms with E-state index in [0.29, 0.717) is 6.54 Å².